The van der Waals surface area contributed by atoms with Crippen LogP contribution in [0.15, 0.2) is 0 Å². The van der Waals surface area contributed by atoms with Crippen molar-refractivity contribution in [1.29, 1.82) is 0 Å². The summed E-state index contributed by atoms with van der Waals surface area (Å²) in [6.07, 6.45) is 50.6. The van der Waals surface area contributed by atoms with Crippen LogP contribution in [0.3, 0.4) is 0 Å². The van der Waals surface area contributed by atoms with Gasteiger partial charge in [-0.2, -0.15) is 0 Å². The molecule has 282 valence electrons. The molecule has 0 aliphatic carbocycles. The molecule has 0 radical (unpaired) electrons. The minimum absolute atomic E-state index is 0.577. The Morgan fingerprint density at radius 3 is 0.745 bits per heavy atom. The largest absolute Gasteiger partial charge is 0.481 e. The minimum Gasteiger partial charge on any atom is -0.481 e. The fourth-order valence-corrected chi connectivity index (χ4v) is 7.38. The monoisotopic (exact) mass is 665 g/mol. The molecule has 0 heterocycles. The molecular weight excluding hydrogens is 576 g/mol. The van der Waals surface area contributed by atoms with Crippen molar-refractivity contribution in [3.63, 3.8) is 0 Å². The van der Waals surface area contributed by atoms with Crippen LogP contribution in [0.2, 0.25) is 0 Å². The summed E-state index contributed by atoms with van der Waals surface area (Å²) in [5.74, 6) is -1.38. The first kappa shape index (κ1) is 46.4. The zero-order chi connectivity index (χ0) is 34.3. The van der Waals surface area contributed by atoms with Crippen molar-refractivity contribution >= 4 is 5.97 Å². The Bertz CT molecular complexity index is 591. The molecule has 2 N–H and O–H groups in total. The van der Waals surface area contributed by atoms with Crippen LogP contribution < -0.4 is 0 Å². The Balaban J connectivity index is 3.46. The molecule has 0 bridgehead atoms. The van der Waals surface area contributed by atoms with Crippen molar-refractivity contribution in [2.75, 3.05) is 0 Å². The van der Waals surface area contributed by atoms with E-state index in [4.69, 9.17) is 0 Å². The lowest BCUT2D eigenvalue weighted by Gasteiger charge is -2.19. The van der Waals surface area contributed by atoms with Gasteiger partial charge >= 0.3 is 5.97 Å². The molecule has 0 aromatic carbocycles. The quantitative estimate of drug-likeness (QED) is 0.0639. The van der Waals surface area contributed by atoms with Crippen molar-refractivity contribution in [3.8, 4) is 0 Å². The van der Waals surface area contributed by atoms with Gasteiger partial charge in [-0.1, -0.05) is 251 Å². The highest BCUT2D eigenvalue weighted by molar-refractivity contribution is 5.70. The van der Waals surface area contributed by atoms with Crippen molar-refractivity contribution in [1.82, 2.24) is 0 Å². The first-order valence-corrected chi connectivity index (χ1v) is 22.0. The van der Waals surface area contributed by atoms with Crippen molar-refractivity contribution in [3.05, 3.63) is 0 Å². The summed E-state index contributed by atoms with van der Waals surface area (Å²) < 4.78 is 0. The van der Waals surface area contributed by atoms with Crippen LogP contribution in [-0.4, -0.2) is 22.3 Å². The fraction of sp³-hybridized carbons (Fsp3) is 0.977. The maximum absolute atomic E-state index is 11.8. The Labute approximate surface area is 296 Å². The van der Waals surface area contributed by atoms with Gasteiger partial charge < -0.3 is 10.2 Å². The Kier molecular flexibility index (Phi) is 39.4. The predicted molar refractivity (Wildman–Crippen MR) is 209 cm³/mol. The normalized spacial score (nSPS) is 12.9. The van der Waals surface area contributed by atoms with E-state index in [1.807, 2.05) is 0 Å². The van der Waals surface area contributed by atoms with E-state index in [1.165, 1.54) is 212 Å². The van der Waals surface area contributed by atoms with E-state index < -0.39 is 18.0 Å². The molecule has 47 heavy (non-hydrogen) atoms. The first-order chi connectivity index (χ1) is 23.1. The lowest BCUT2D eigenvalue weighted by molar-refractivity contribution is -0.146. The van der Waals surface area contributed by atoms with Crippen LogP contribution in [0.1, 0.15) is 264 Å². The van der Waals surface area contributed by atoms with Gasteiger partial charge in [-0.05, 0) is 12.8 Å². The number of hydrogen-bond donors (Lipinski definition) is 2. The van der Waals surface area contributed by atoms with Gasteiger partial charge in [0.15, 0.2) is 0 Å². The number of aliphatic hydroxyl groups excluding tert-OH is 1. The Hall–Kier alpha value is -0.570. The number of carboxylic acids is 1. The molecule has 2 atom stereocenters. The van der Waals surface area contributed by atoms with E-state index in [1.54, 1.807) is 0 Å². The molecule has 3 nitrogen and oxygen atoms in total. The molecule has 2 unspecified atom stereocenters. The molecule has 0 rings (SSSR count). The van der Waals surface area contributed by atoms with Crippen LogP contribution in [0.4, 0.5) is 0 Å². The van der Waals surface area contributed by atoms with Gasteiger partial charge in [-0.25, -0.2) is 0 Å². The van der Waals surface area contributed by atoms with E-state index in [-0.39, 0.29) is 0 Å². The molecule has 0 aromatic rings. The van der Waals surface area contributed by atoms with Gasteiger partial charge in [0.25, 0.3) is 0 Å². The van der Waals surface area contributed by atoms with Gasteiger partial charge in [0.2, 0.25) is 0 Å². The summed E-state index contributed by atoms with van der Waals surface area (Å²) in [7, 11) is 0. The van der Waals surface area contributed by atoms with Gasteiger partial charge in [0.05, 0.1) is 12.0 Å². The number of aliphatic carboxylic acids is 1. The van der Waals surface area contributed by atoms with E-state index in [9.17, 15) is 15.0 Å². The number of aliphatic hydroxyl groups is 1. The first-order valence-electron chi connectivity index (χ1n) is 22.0. The highest BCUT2D eigenvalue weighted by Gasteiger charge is 2.25. The molecule has 0 saturated heterocycles. The third-order valence-electron chi connectivity index (χ3n) is 10.8. The van der Waals surface area contributed by atoms with Gasteiger partial charge in [0.1, 0.15) is 0 Å². The number of unbranched alkanes of at least 4 members (excludes halogenated alkanes) is 35. The summed E-state index contributed by atoms with van der Waals surface area (Å²) in [6, 6.07) is 0. The van der Waals surface area contributed by atoms with Crippen molar-refractivity contribution < 1.29 is 15.0 Å². The van der Waals surface area contributed by atoms with E-state index in [2.05, 4.69) is 13.8 Å². The van der Waals surface area contributed by atoms with Gasteiger partial charge in [-0.3, -0.25) is 4.79 Å². The second kappa shape index (κ2) is 39.9. The number of hydrogen-bond acceptors (Lipinski definition) is 2. The van der Waals surface area contributed by atoms with Crippen LogP contribution >= 0.6 is 0 Å². The van der Waals surface area contributed by atoms with Crippen LogP contribution in [0.25, 0.3) is 0 Å². The SMILES string of the molecule is CCCCCCCCCCCCCCCCCCCCCC(O)C(CCCCCCCCCCCCCCCCCCCC)C(=O)O. The topological polar surface area (TPSA) is 57.5 Å². The van der Waals surface area contributed by atoms with Gasteiger partial charge in [0, 0.05) is 0 Å². The van der Waals surface area contributed by atoms with Crippen LogP contribution in [0, 0.1) is 5.92 Å². The average molecular weight is 665 g/mol. The second-order valence-electron chi connectivity index (χ2n) is 15.5. The van der Waals surface area contributed by atoms with Crippen molar-refractivity contribution in [2.45, 2.75) is 270 Å². The standard InChI is InChI=1S/C44H88O3/c1-3-5-7-9-11-13-15-17-19-21-23-25-27-29-31-33-35-37-39-41-43(45)42(44(46)47)40-38-36-34-32-30-28-26-24-22-20-18-16-14-12-10-8-6-4-2/h42-43,45H,3-41H2,1-2H3,(H,46,47). The van der Waals surface area contributed by atoms with E-state index >= 15 is 0 Å². The van der Waals surface area contributed by atoms with Crippen LogP contribution in [0.5, 0.6) is 0 Å². The minimum atomic E-state index is -0.803. The molecule has 3 heteroatoms. The number of carbonyl (C=O) groups is 1. The van der Waals surface area contributed by atoms with Gasteiger partial charge in [-0.15, -0.1) is 0 Å². The number of carboxylic acid groups (broad SMARTS) is 1. The lowest BCUT2D eigenvalue weighted by Crippen LogP contribution is -2.28. The zero-order valence-corrected chi connectivity index (χ0v) is 32.5. The molecule has 0 aliphatic heterocycles. The summed E-state index contributed by atoms with van der Waals surface area (Å²) in [5.41, 5.74) is 0. The number of rotatable bonds is 41. The zero-order valence-electron chi connectivity index (χ0n) is 32.5. The summed E-state index contributed by atoms with van der Waals surface area (Å²) in [4.78, 5) is 11.8. The summed E-state index contributed by atoms with van der Waals surface area (Å²) in [5, 5.41) is 20.3. The molecule has 0 saturated carbocycles. The van der Waals surface area contributed by atoms with E-state index in [0.717, 1.165) is 25.7 Å². The summed E-state index contributed by atoms with van der Waals surface area (Å²) in [6.45, 7) is 4.58. The second-order valence-corrected chi connectivity index (χ2v) is 15.5. The lowest BCUT2D eigenvalue weighted by atomic mass is 9.91. The molecule has 0 fully saturated rings. The molecular formula is C44H88O3. The fourth-order valence-electron chi connectivity index (χ4n) is 7.38. The third-order valence-corrected chi connectivity index (χ3v) is 10.8. The van der Waals surface area contributed by atoms with E-state index in [0.29, 0.717) is 12.8 Å². The molecule has 0 spiro atoms. The van der Waals surface area contributed by atoms with Crippen molar-refractivity contribution in [2.24, 2.45) is 5.92 Å². The highest BCUT2D eigenvalue weighted by atomic mass is 16.4. The van der Waals surface area contributed by atoms with Crippen LogP contribution in [-0.2, 0) is 4.79 Å². The summed E-state index contributed by atoms with van der Waals surface area (Å²) >= 11 is 0. The maximum atomic E-state index is 11.8. The molecule has 0 amide bonds. The predicted octanol–water partition coefficient (Wildman–Crippen LogP) is 15.3. The molecule has 0 aliphatic rings. The highest BCUT2D eigenvalue weighted by Crippen LogP contribution is 2.21. The molecule has 0 aromatic heterocycles. The Morgan fingerprint density at radius 1 is 0.340 bits per heavy atom. The maximum Gasteiger partial charge on any atom is 0.309 e. The third kappa shape index (κ3) is 36.5. The average Bonchev–Trinajstić information content (AvgIpc) is 3.06. The Morgan fingerprint density at radius 2 is 0.532 bits per heavy atom. The smallest absolute Gasteiger partial charge is 0.309 e.